The summed E-state index contributed by atoms with van der Waals surface area (Å²) in [6, 6.07) is 10.8. The first kappa shape index (κ1) is 20.6. The van der Waals surface area contributed by atoms with Crippen molar-refractivity contribution in [1.29, 1.82) is 0 Å². The molecule has 8 nitrogen and oxygen atoms in total. The highest BCUT2D eigenvalue weighted by Gasteiger charge is 2.27. The fourth-order valence-corrected chi connectivity index (χ4v) is 3.09. The maximum Gasteiger partial charge on any atom is 0.251 e. The predicted molar refractivity (Wildman–Crippen MR) is 109 cm³/mol. The number of likely N-dealkylation sites (N-methyl/N-ethyl adjacent to an activating group) is 1. The molecular formula is C21H26N4O4. The van der Waals surface area contributed by atoms with Gasteiger partial charge < -0.3 is 25.0 Å². The number of anilines is 1. The van der Waals surface area contributed by atoms with E-state index in [1.54, 1.807) is 31.5 Å². The van der Waals surface area contributed by atoms with Crippen molar-refractivity contribution >= 4 is 17.5 Å². The van der Waals surface area contributed by atoms with E-state index in [2.05, 4.69) is 15.6 Å². The van der Waals surface area contributed by atoms with Crippen molar-refractivity contribution in [3.05, 3.63) is 53.9 Å². The molecule has 0 unspecified atom stereocenters. The van der Waals surface area contributed by atoms with Crippen LogP contribution in [0.15, 0.2) is 42.6 Å². The first-order valence-corrected chi connectivity index (χ1v) is 9.52. The molecule has 0 radical (unpaired) electrons. The highest BCUT2D eigenvalue weighted by Crippen LogP contribution is 2.34. The average Bonchev–Trinajstić information content (AvgIpc) is 2.75. The third-order valence-electron chi connectivity index (χ3n) is 4.79. The standard InChI is InChI=1S/C21H26N4O4/c1-25-17(12-20(26)24-13-16-5-3-4-8-22-16)14-29-19-7-6-15(11-18(19)25)21(27)23-9-10-28-2/h3-8,11,17H,9-10,12-14H2,1-2H3,(H,23,27)(H,24,26)/t17-/m1/s1. The van der Waals surface area contributed by atoms with Crippen molar-refractivity contribution in [3.8, 4) is 5.75 Å². The summed E-state index contributed by atoms with van der Waals surface area (Å²) in [6.07, 6.45) is 1.98. The largest absolute Gasteiger partial charge is 0.489 e. The Balaban J connectivity index is 1.60. The summed E-state index contributed by atoms with van der Waals surface area (Å²) in [5.74, 6) is 0.451. The van der Waals surface area contributed by atoms with Gasteiger partial charge in [-0.25, -0.2) is 0 Å². The molecule has 0 aliphatic carbocycles. The molecule has 29 heavy (non-hydrogen) atoms. The van der Waals surface area contributed by atoms with E-state index in [0.29, 0.717) is 37.6 Å². The van der Waals surface area contributed by atoms with Crippen LogP contribution in [0.2, 0.25) is 0 Å². The number of benzene rings is 1. The van der Waals surface area contributed by atoms with Gasteiger partial charge in [-0.2, -0.15) is 0 Å². The number of aromatic nitrogens is 1. The zero-order valence-electron chi connectivity index (χ0n) is 16.7. The molecule has 1 aromatic heterocycles. The van der Waals surface area contributed by atoms with Crippen molar-refractivity contribution in [2.75, 3.05) is 38.8 Å². The minimum atomic E-state index is -0.173. The molecule has 0 fully saturated rings. The number of amides is 2. The molecular weight excluding hydrogens is 372 g/mol. The number of carbonyl (C=O) groups excluding carboxylic acids is 2. The molecule has 3 rings (SSSR count). The highest BCUT2D eigenvalue weighted by atomic mass is 16.5. The molecule has 0 bridgehead atoms. The Morgan fingerprint density at radius 2 is 2.14 bits per heavy atom. The summed E-state index contributed by atoms with van der Waals surface area (Å²) in [7, 11) is 3.49. The van der Waals surface area contributed by atoms with Crippen LogP contribution in [0, 0.1) is 0 Å². The van der Waals surface area contributed by atoms with Gasteiger partial charge in [-0.1, -0.05) is 6.07 Å². The van der Waals surface area contributed by atoms with E-state index in [1.807, 2.05) is 30.1 Å². The van der Waals surface area contributed by atoms with Crippen LogP contribution >= 0.6 is 0 Å². The van der Waals surface area contributed by atoms with Crippen molar-refractivity contribution < 1.29 is 19.1 Å². The van der Waals surface area contributed by atoms with Crippen LogP contribution in [0.4, 0.5) is 5.69 Å². The molecule has 2 N–H and O–H groups in total. The Hall–Kier alpha value is -3.13. The van der Waals surface area contributed by atoms with Gasteiger partial charge in [-0.05, 0) is 30.3 Å². The van der Waals surface area contributed by atoms with Crippen molar-refractivity contribution in [2.45, 2.75) is 19.0 Å². The van der Waals surface area contributed by atoms with Crippen molar-refractivity contribution in [3.63, 3.8) is 0 Å². The zero-order valence-corrected chi connectivity index (χ0v) is 16.7. The molecule has 2 aromatic rings. The van der Waals surface area contributed by atoms with E-state index in [9.17, 15) is 9.59 Å². The van der Waals surface area contributed by atoms with E-state index in [4.69, 9.17) is 9.47 Å². The maximum absolute atomic E-state index is 12.4. The second-order valence-corrected chi connectivity index (χ2v) is 6.81. The monoisotopic (exact) mass is 398 g/mol. The Kier molecular flexibility index (Phi) is 7.02. The Morgan fingerprint density at radius 3 is 2.90 bits per heavy atom. The summed E-state index contributed by atoms with van der Waals surface area (Å²) in [5, 5.41) is 5.69. The van der Waals surface area contributed by atoms with Gasteiger partial charge in [0.05, 0.1) is 37.0 Å². The lowest BCUT2D eigenvalue weighted by Gasteiger charge is -2.35. The van der Waals surface area contributed by atoms with Gasteiger partial charge in [0.1, 0.15) is 12.4 Å². The Morgan fingerprint density at radius 1 is 1.28 bits per heavy atom. The van der Waals surface area contributed by atoms with Crippen LogP contribution in [0.5, 0.6) is 5.75 Å². The molecule has 154 valence electrons. The molecule has 2 heterocycles. The lowest BCUT2D eigenvalue weighted by atomic mass is 10.1. The zero-order chi connectivity index (χ0) is 20.6. The first-order valence-electron chi connectivity index (χ1n) is 9.52. The van der Waals surface area contributed by atoms with Gasteiger partial charge in [0, 0.05) is 32.5 Å². The predicted octanol–water partition coefficient (Wildman–Crippen LogP) is 1.36. The Bertz CT molecular complexity index is 844. The molecule has 1 atom stereocenters. The fraction of sp³-hybridized carbons (Fsp3) is 0.381. The number of nitrogens with zero attached hydrogens (tertiary/aromatic N) is 2. The van der Waals surface area contributed by atoms with Crippen molar-refractivity contribution in [2.24, 2.45) is 0 Å². The van der Waals surface area contributed by atoms with Gasteiger partial charge in [0.15, 0.2) is 0 Å². The fourth-order valence-electron chi connectivity index (χ4n) is 3.09. The molecule has 8 heteroatoms. The number of carbonyl (C=O) groups is 2. The smallest absolute Gasteiger partial charge is 0.251 e. The van der Waals surface area contributed by atoms with Crippen LogP contribution in [-0.4, -0.2) is 56.8 Å². The maximum atomic E-state index is 12.4. The number of nitrogens with one attached hydrogen (secondary N) is 2. The average molecular weight is 398 g/mol. The molecule has 2 amide bonds. The third-order valence-corrected chi connectivity index (χ3v) is 4.79. The quantitative estimate of drug-likeness (QED) is 0.653. The van der Waals surface area contributed by atoms with E-state index in [-0.39, 0.29) is 24.3 Å². The molecule has 0 saturated carbocycles. The number of rotatable bonds is 8. The minimum Gasteiger partial charge on any atom is -0.489 e. The van der Waals surface area contributed by atoms with Gasteiger partial charge in [0.2, 0.25) is 5.91 Å². The Labute approximate surface area is 170 Å². The molecule has 1 aliphatic heterocycles. The van der Waals surface area contributed by atoms with Crippen LogP contribution in [0.3, 0.4) is 0 Å². The van der Waals surface area contributed by atoms with Gasteiger partial charge in [-0.3, -0.25) is 14.6 Å². The van der Waals surface area contributed by atoms with E-state index in [0.717, 1.165) is 11.4 Å². The topological polar surface area (TPSA) is 92.8 Å². The number of hydrogen-bond donors (Lipinski definition) is 2. The number of ether oxygens (including phenoxy) is 2. The summed E-state index contributed by atoms with van der Waals surface area (Å²) < 4.78 is 10.8. The highest BCUT2D eigenvalue weighted by molar-refractivity contribution is 5.95. The number of pyridine rings is 1. The van der Waals surface area contributed by atoms with E-state index < -0.39 is 0 Å². The first-order chi connectivity index (χ1) is 14.1. The second kappa shape index (κ2) is 9.88. The van der Waals surface area contributed by atoms with Gasteiger partial charge >= 0.3 is 0 Å². The lowest BCUT2D eigenvalue weighted by molar-refractivity contribution is -0.121. The minimum absolute atomic E-state index is 0.0759. The normalized spacial score (nSPS) is 15.2. The SMILES string of the molecule is COCCNC(=O)c1ccc2c(c1)N(C)[C@H](CC(=O)NCc1ccccn1)CO2. The van der Waals surface area contributed by atoms with Gasteiger partial charge in [0.25, 0.3) is 5.91 Å². The van der Waals surface area contributed by atoms with Crippen LogP contribution in [0.25, 0.3) is 0 Å². The summed E-state index contributed by atoms with van der Waals surface area (Å²) in [4.78, 5) is 30.9. The van der Waals surface area contributed by atoms with Crippen LogP contribution in [-0.2, 0) is 16.1 Å². The number of hydrogen-bond acceptors (Lipinski definition) is 6. The van der Waals surface area contributed by atoms with Crippen LogP contribution < -0.4 is 20.3 Å². The molecule has 0 spiro atoms. The lowest BCUT2D eigenvalue weighted by Crippen LogP contribution is -2.43. The number of fused-ring (bicyclic) bond motifs is 1. The third kappa shape index (κ3) is 5.45. The summed E-state index contributed by atoms with van der Waals surface area (Å²) in [5.41, 5.74) is 2.14. The molecule has 0 saturated heterocycles. The van der Waals surface area contributed by atoms with Crippen LogP contribution in [0.1, 0.15) is 22.5 Å². The van der Waals surface area contributed by atoms with E-state index in [1.165, 1.54) is 0 Å². The summed E-state index contributed by atoms with van der Waals surface area (Å²) >= 11 is 0. The molecule has 1 aliphatic rings. The summed E-state index contributed by atoms with van der Waals surface area (Å²) in [6.45, 7) is 1.69. The second-order valence-electron chi connectivity index (χ2n) is 6.81. The van der Waals surface area contributed by atoms with Gasteiger partial charge in [-0.15, -0.1) is 0 Å². The number of methoxy groups -OCH3 is 1. The van der Waals surface area contributed by atoms with E-state index >= 15 is 0 Å². The van der Waals surface area contributed by atoms with Crippen molar-refractivity contribution in [1.82, 2.24) is 15.6 Å². The molecule has 1 aromatic carbocycles.